The zero-order chi connectivity index (χ0) is 31.2. The third-order valence-electron chi connectivity index (χ3n) is 8.75. The van der Waals surface area contributed by atoms with Crippen LogP contribution in [0.4, 0.5) is 13.2 Å². The number of alkyl halides is 3. The molecule has 2 bridgehead atoms. The van der Waals surface area contributed by atoms with Gasteiger partial charge in [0, 0.05) is 43.5 Å². The number of carboxylic acids is 1. The number of hydrogen-bond acceptors (Lipinski definition) is 6. The van der Waals surface area contributed by atoms with Gasteiger partial charge in [0.2, 0.25) is 11.8 Å². The number of halogens is 3. The Bertz CT molecular complexity index is 1200. The van der Waals surface area contributed by atoms with Gasteiger partial charge in [-0.3, -0.25) is 14.5 Å². The van der Waals surface area contributed by atoms with E-state index in [1.54, 1.807) is 6.07 Å². The van der Waals surface area contributed by atoms with Gasteiger partial charge in [-0.15, -0.1) is 0 Å². The van der Waals surface area contributed by atoms with Crippen molar-refractivity contribution in [1.29, 1.82) is 0 Å². The number of amides is 2. The van der Waals surface area contributed by atoms with Gasteiger partial charge in [0.05, 0.1) is 0 Å². The lowest BCUT2D eigenvalue weighted by Crippen LogP contribution is -2.48. The quantitative estimate of drug-likeness (QED) is 0.430. The van der Waals surface area contributed by atoms with E-state index in [1.165, 1.54) is 18.4 Å². The first-order valence-electron chi connectivity index (χ1n) is 14.4. The highest BCUT2D eigenvalue weighted by Crippen LogP contribution is 2.43. The number of hydrogen-bond donors (Lipinski definition) is 2. The van der Waals surface area contributed by atoms with E-state index < -0.39 is 33.6 Å². The molecule has 1 aliphatic carbocycles. The monoisotopic (exact) mass is 617 g/mol. The van der Waals surface area contributed by atoms with Crippen LogP contribution >= 0.6 is 0 Å². The molecule has 1 aromatic carbocycles. The van der Waals surface area contributed by atoms with Gasteiger partial charge in [0.1, 0.15) is 5.75 Å². The van der Waals surface area contributed by atoms with E-state index in [1.807, 2.05) is 17.0 Å². The van der Waals surface area contributed by atoms with Crippen LogP contribution in [-0.2, 0) is 19.4 Å². The number of carbonyl (C=O) groups excluding carboxylic acids is 2. The number of carboxylic acid groups (broad SMARTS) is 1. The van der Waals surface area contributed by atoms with Crippen LogP contribution in [0, 0.1) is 11.8 Å². The van der Waals surface area contributed by atoms with Gasteiger partial charge >= 0.3 is 12.1 Å². The Morgan fingerprint density at radius 1 is 1.05 bits per heavy atom. The fraction of sp³-hybridized carbons (Fsp3) is 0.690. The van der Waals surface area contributed by atoms with Crippen LogP contribution in [0.15, 0.2) is 24.3 Å². The Morgan fingerprint density at radius 2 is 1.62 bits per heavy atom. The van der Waals surface area contributed by atoms with Crippen molar-refractivity contribution in [3.05, 3.63) is 35.4 Å². The average molecular weight is 618 g/mol. The summed E-state index contributed by atoms with van der Waals surface area (Å²) in [5.74, 6) is -2.18. The Morgan fingerprint density at radius 3 is 2.12 bits per heavy atom. The van der Waals surface area contributed by atoms with Crippen LogP contribution in [-0.4, -0.2) is 91.0 Å². The molecule has 1 unspecified atom stereocenters. The predicted octanol–water partition coefficient (Wildman–Crippen LogP) is 3.83. The van der Waals surface area contributed by atoms with Crippen LogP contribution in [0.2, 0.25) is 0 Å². The second kappa shape index (κ2) is 14.2. The number of aliphatic carboxylic acids is 1. The molecule has 2 saturated heterocycles. The average Bonchev–Trinajstić information content (AvgIpc) is 3.12. The second-order valence-corrected chi connectivity index (χ2v) is 14.3. The summed E-state index contributed by atoms with van der Waals surface area (Å²) in [5, 5.41) is 7.12. The summed E-state index contributed by atoms with van der Waals surface area (Å²) >= 11 is 0. The summed E-state index contributed by atoms with van der Waals surface area (Å²) in [7, 11) is -3.36. The second-order valence-electron chi connectivity index (χ2n) is 12.1. The highest BCUT2D eigenvalue weighted by molar-refractivity contribution is 7.91. The number of sulfone groups is 1. The number of nitrogens with zero attached hydrogens (tertiary/aromatic N) is 2. The Hall–Kier alpha value is -2.67. The molecule has 2 heterocycles. The van der Waals surface area contributed by atoms with E-state index >= 15 is 0 Å². The molecule has 1 aromatic rings. The minimum atomic E-state index is -5.08. The van der Waals surface area contributed by atoms with E-state index in [4.69, 9.17) is 15.6 Å². The summed E-state index contributed by atoms with van der Waals surface area (Å²) in [6, 6.07) is 8.64. The number of fused-ring (bicyclic) bond motifs is 2. The van der Waals surface area contributed by atoms with Crippen LogP contribution in [0.25, 0.3) is 0 Å². The van der Waals surface area contributed by atoms with Gasteiger partial charge in [-0.25, -0.2) is 13.2 Å². The minimum Gasteiger partial charge on any atom is -0.475 e. The molecular formula is C29H42F3N3O6S. The molecule has 2 aliphatic heterocycles. The topological polar surface area (TPSA) is 138 Å². The van der Waals surface area contributed by atoms with Crippen LogP contribution in [0.1, 0.15) is 80.1 Å². The number of benzene rings is 1. The van der Waals surface area contributed by atoms with Gasteiger partial charge in [-0.1, -0.05) is 31.9 Å². The molecule has 3 atom stereocenters. The summed E-state index contributed by atoms with van der Waals surface area (Å²) < 4.78 is 55.4. The van der Waals surface area contributed by atoms with E-state index in [2.05, 4.69) is 17.9 Å². The van der Waals surface area contributed by atoms with E-state index in [-0.39, 0.29) is 5.91 Å². The Balaban J connectivity index is 0.000000616. The van der Waals surface area contributed by atoms with Gasteiger partial charge in [-0.2, -0.15) is 13.2 Å². The highest BCUT2D eigenvalue weighted by Gasteiger charge is 2.41. The molecule has 3 aliphatic rings. The maximum absolute atomic E-state index is 13.0. The zero-order valence-corrected chi connectivity index (χ0v) is 25.0. The summed E-state index contributed by atoms with van der Waals surface area (Å²) in [4.78, 5) is 37.9. The fourth-order valence-corrected chi connectivity index (χ4v) is 7.18. The summed E-state index contributed by atoms with van der Waals surface area (Å²) in [6.45, 7) is 4.34. The highest BCUT2D eigenvalue weighted by atomic mass is 32.2. The van der Waals surface area contributed by atoms with Crippen molar-refractivity contribution in [2.24, 2.45) is 17.6 Å². The number of piperidine rings is 1. The standard InChI is InChI=1S/C27H41N3O4S.C2HF3O2/c1-19-6-8-20(9-7-19)17-29(26(31)18-35(2,33)34)12-13-30-24-10-11-25(30)16-23(15-24)21-4-3-5-22(14-21)27(28)32;3-2(4,5)1(6)7/h3-5,14,19-20,23-25H,6-13,15-18H2,1-2H3,(H2,28,32);(H,6,7)/t19?,20?,23?,24-,25+;. The Labute approximate surface area is 245 Å². The molecular weight excluding hydrogens is 575 g/mol. The van der Waals surface area contributed by atoms with Crippen molar-refractivity contribution in [2.45, 2.75) is 82.5 Å². The smallest absolute Gasteiger partial charge is 0.475 e. The Kier molecular flexibility index (Phi) is 11.4. The number of nitrogens with two attached hydrogens (primary N) is 1. The summed E-state index contributed by atoms with van der Waals surface area (Å²) in [5.41, 5.74) is 7.24. The van der Waals surface area contributed by atoms with Crippen molar-refractivity contribution in [3.8, 4) is 0 Å². The number of carbonyl (C=O) groups is 3. The summed E-state index contributed by atoms with van der Waals surface area (Å²) in [6.07, 6.45) is 5.04. The first kappa shape index (κ1) is 33.8. The molecule has 42 heavy (non-hydrogen) atoms. The molecule has 0 aromatic heterocycles. The van der Waals surface area contributed by atoms with Crippen LogP contribution in [0.3, 0.4) is 0 Å². The molecule has 13 heteroatoms. The SMILES string of the molecule is CC1CCC(CN(CCN2[C@@H]3CC[C@H]2CC(c2cccc(C(N)=O)c2)C3)C(=O)CS(C)(=O)=O)CC1.O=C(O)C(F)(F)F. The number of primary amides is 1. The predicted molar refractivity (Wildman–Crippen MR) is 152 cm³/mol. The molecule has 9 nitrogen and oxygen atoms in total. The molecule has 3 N–H and O–H groups in total. The molecule has 0 radical (unpaired) electrons. The van der Waals surface area contributed by atoms with Crippen molar-refractivity contribution in [3.63, 3.8) is 0 Å². The van der Waals surface area contributed by atoms with Crippen molar-refractivity contribution < 1.29 is 41.1 Å². The maximum Gasteiger partial charge on any atom is 0.490 e. The normalized spacial score (nSPS) is 26.2. The van der Waals surface area contributed by atoms with Crippen molar-refractivity contribution in [2.75, 3.05) is 31.6 Å². The molecule has 3 fully saturated rings. The van der Waals surface area contributed by atoms with Crippen LogP contribution in [0.5, 0.6) is 0 Å². The third-order valence-corrected chi connectivity index (χ3v) is 9.52. The first-order chi connectivity index (χ1) is 19.5. The largest absolute Gasteiger partial charge is 0.490 e. The van der Waals surface area contributed by atoms with Gasteiger partial charge in [-0.05, 0) is 74.0 Å². The van der Waals surface area contributed by atoms with Crippen LogP contribution < -0.4 is 5.73 Å². The molecule has 2 amide bonds. The molecule has 0 spiro atoms. The lowest BCUT2D eigenvalue weighted by atomic mass is 9.83. The number of rotatable bonds is 9. The lowest BCUT2D eigenvalue weighted by Gasteiger charge is -2.40. The van der Waals surface area contributed by atoms with Crippen molar-refractivity contribution in [1.82, 2.24) is 9.80 Å². The van der Waals surface area contributed by atoms with E-state index in [0.29, 0.717) is 42.6 Å². The lowest BCUT2D eigenvalue weighted by molar-refractivity contribution is -0.192. The van der Waals surface area contributed by atoms with Gasteiger partial charge in [0.25, 0.3) is 0 Å². The molecule has 236 valence electrons. The zero-order valence-electron chi connectivity index (χ0n) is 24.2. The first-order valence-corrected chi connectivity index (χ1v) is 16.5. The maximum atomic E-state index is 13.0. The fourth-order valence-electron chi connectivity index (χ4n) is 6.55. The van der Waals surface area contributed by atoms with E-state index in [9.17, 15) is 31.2 Å². The van der Waals surface area contributed by atoms with Gasteiger partial charge in [0.15, 0.2) is 9.84 Å². The molecule has 4 rings (SSSR count). The third kappa shape index (κ3) is 9.96. The molecule has 1 saturated carbocycles. The van der Waals surface area contributed by atoms with E-state index in [0.717, 1.165) is 57.2 Å². The van der Waals surface area contributed by atoms with Crippen molar-refractivity contribution >= 4 is 27.6 Å². The minimum absolute atomic E-state index is 0.253. The van der Waals surface area contributed by atoms with Gasteiger partial charge < -0.3 is 15.7 Å².